The van der Waals surface area contributed by atoms with Crippen LogP contribution in [-0.4, -0.2) is 17.8 Å². The van der Waals surface area contributed by atoms with Crippen molar-refractivity contribution < 1.29 is 19.1 Å². The Morgan fingerprint density at radius 1 is 0.895 bits per heavy atom. The molecule has 0 spiro atoms. The number of anilines is 1. The number of nitrogens with one attached hydrogen (secondary N) is 1. The Balaban J connectivity index is 1.54. The first kappa shape index (κ1) is 25.8. The zero-order valence-corrected chi connectivity index (χ0v) is 22.2. The molecule has 9 heteroatoms. The molecule has 0 unspecified atom stereocenters. The van der Waals surface area contributed by atoms with Gasteiger partial charge in [-0.1, -0.05) is 83.3 Å². The van der Waals surface area contributed by atoms with Gasteiger partial charge in [-0.15, -0.1) is 0 Å². The van der Waals surface area contributed by atoms with Crippen LogP contribution in [0.2, 0.25) is 15.1 Å². The standard InChI is InChI=1S/C29H19Cl3N2O4/c1-16-9-10-20(30)14-25(16)34-28(36)23(27(35)33-29(34)37)12-19-11-21(31)13-24(32)26(19)38-15-18-7-4-6-17-5-2-3-8-22(17)18/h2-14H,15H2,1H3,(H,33,35,37)/b23-12+. The molecule has 1 saturated heterocycles. The summed E-state index contributed by atoms with van der Waals surface area (Å²) in [5.41, 5.74) is 1.81. The van der Waals surface area contributed by atoms with Crippen LogP contribution >= 0.6 is 34.8 Å². The van der Waals surface area contributed by atoms with E-state index in [1.165, 1.54) is 24.3 Å². The van der Waals surface area contributed by atoms with E-state index in [0.29, 0.717) is 16.1 Å². The lowest BCUT2D eigenvalue weighted by atomic mass is 10.0. The summed E-state index contributed by atoms with van der Waals surface area (Å²) in [5.74, 6) is -1.44. The van der Waals surface area contributed by atoms with Crippen molar-refractivity contribution in [1.82, 2.24) is 5.32 Å². The van der Waals surface area contributed by atoms with E-state index in [1.54, 1.807) is 19.1 Å². The summed E-state index contributed by atoms with van der Waals surface area (Å²) < 4.78 is 6.12. The molecule has 0 saturated carbocycles. The van der Waals surface area contributed by atoms with Gasteiger partial charge in [0.15, 0.2) is 0 Å². The van der Waals surface area contributed by atoms with Crippen molar-refractivity contribution in [2.45, 2.75) is 13.5 Å². The summed E-state index contributed by atoms with van der Waals surface area (Å²) in [7, 11) is 0. The average Bonchev–Trinajstić information content (AvgIpc) is 2.88. The molecule has 0 bridgehead atoms. The van der Waals surface area contributed by atoms with Gasteiger partial charge in [0.25, 0.3) is 11.8 Å². The number of halogens is 3. The van der Waals surface area contributed by atoms with Crippen LogP contribution in [0.1, 0.15) is 16.7 Å². The fourth-order valence-corrected chi connectivity index (χ4v) is 4.99. The number of carbonyl (C=O) groups excluding carboxylic acids is 3. The Morgan fingerprint density at radius 2 is 1.66 bits per heavy atom. The van der Waals surface area contributed by atoms with Crippen molar-refractivity contribution >= 4 is 75.2 Å². The minimum atomic E-state index is -0.876. The molecule has 0 aromatic heterocycles. The van der Waals surface area contributed by atoms with Crippen LogP contribution < -0.4 is 15.0 Å². The van der Waals surface area contributed by atoms with Crippen LogP contribution in [0.25, 0.3) is 16.8 Å². The monoisotopic (exact) mass is 564 g/mol. The van der Waals surface area contributed by atoms with Crippen LogP contribution in [-0.2, 0) is 16.2 Å². The molecule has 1 fully saturated rings. The molecule has 190 valence electrons. The average molecular weight is 566 g/mol. The summed E-state index contributed by atoms with van der Waals surface area (Å²) in [6.45, 7) is 1.90. The van der Waals surface area contributed by atoms with Gasteiger partial charge in [0.2, 0.25) is 0 Å². The lowest BCUT2D eigenvalue weighted by Crippen LogP contribution is -2.54. The Kier molecular flexibility index (Phi) is 7.13. The molecule has 0 atom stereocenters. The second kappa shape index (κ2) is 10.5. The smallest absolute Gasteiger partial charge is 0.335 e. The third-order valence-electron chi connectivity index (χ3n) is 6.10. The minimum absolute atomic E-state index is 0.172. The summed E-state index contributed by atoms with van der Waals surface area (Å²) >= 11 is 18.9. The Bertz CT molecular complexity index is 1660. The zero-order chi connectivity index (χ0) is 27.0. The molecular weight excluding hydrogens is 547 g/mol. The summed E-state index contributed by atoms with van der Waals surface area (Å²) in [5, 5.41) is 5.10. The second-order valence-corrected chi connectivity index (χ2v) is 9.90. The highest BCUT2D eigenvalue weighted by atomic mass is 35.5. The molecule has 1 aliphatic rings. The molecule has 6 nitrogen and oxygen atoms in total. The lowest BCUT2D eigenvalue weighted by molar-refractivity contribution is -0.122. The number of barbiturate groups is 1. The Hall–Kier alpha value is -3.84. The maximum absolute atomic E-state index is 13.4. The number of amides is 4. The molecule has 0 aliphatic carbocycles. The number of nitrogens with zero attached hydrogens (tertiary/aromatic N) is 1. The maximum Gasteiger partial charge on any atom is 0.335 e. The normalized spacial score (nSPS) is 14.8. The minimum Gasteiger partial charge on any atom is -0.487 e. The van der Waals surface area contributed by atoms with Gasteiger partial charge in [0, 0.05) is 15.6 Å². The largest absolute Gasteiger partial charge is 0.487 e. The number of fused-ring (bicyclic) bond motifs is 1. The predicted molar refractivity (Wildman–Crippen MR) is 150 cm³/mol. The zero-order valence-electron chi connectivity index (χ0n) is 19.9. The van der Waals surface area contributed by atoms with Gasteiger partial charge in [-0.05, 0) is 59.2 Å². The highest BCUT2D eigenvalue weighted by Gasteiger charge is 2.37. The van der Waals surface area contributed by atoms with E-state index >= 15 is 0 Å². The number of carbonyl (C=O) groups is 3. The van der Waals surface area contributed by atoms with Crippen molar-refractivity contribution in [1.29, 1.82) is 0 Å². The fraction of sp³-hybridized carbons (Fsp3) is 0.0690. The first-order valence-corrected chi connectivity index (χ1v) is 12.6. The lowest BCUT2D eigenvalue weighted by Gasteiger charge is -2.27. The van der Waals surface area contributed by atoms with E-state index in [0.717, 1.165) is 21.2 Å². The van der Waals surface area contributed by atoms with Gasteiger partial charge >= 0.3 is 6.03 Å². The Morgan fingerprint density at radius 3 is 2.47 bits per heavy atom. The van der Waals surface area contributed by atoms with Crippen LogP contribution in [0.3, 0.4) is 0 Å². The van der Waals surface area contributed by atoms with E-state index in [2.05, 4.69) is 5.32 Å². The number of hydrogen-bond acceptors (Lipinski definition) is 4. The fourth-order valence-electron chi connectivity index (χ4n) is 4.26. The third-order valence-corrected chi connectivity index (χ3v) is 6.84. The van der Waals surface area contributed by atoms with Gasteiger partial charge in [0.1, 0.15) is 17.9 Å². The van der Waals surface area contributed by atoms with Crippen LogP contribution in [0, 0.1) is 6.92 Å². The molecule has 5 rings (SSSR count). The molecule has 4 aromatic carbocycles. The van der Waals surface area contributed by atoms with Gasteiger partial charge < -0.3 is 4.74 Å². The molecule has 0 radical (unpaired) electrons. The van der Waals surface area contributed by atoms with Gasteiger partial charge in [-0.25, -0.2) is 9.69 Å². The third kappa shape index (κ3) is 4.98. The first-order valence-electron chi connectivity index (χ1n) is 11.5. The number of hydrogen-bond donors (Lipinski definition) is 1. The number of benzene rings is 4. The molecular formula is C29H19Cl3N2O4. The number of ether oxygens (including phenoxy) is 1. The molecule has 38 heavy (non-hydrogen) atoms. The molecule has 4 aromatic rings. The molecule has 1 aliphatic heterocycles. The number of aryl methyl sites for hydroxylation is 1. The van der Waals surface area contributed by atoms with E-state index < -0.39 is 17.8 Å². The number of urea groups is 1. The highest BCUT2D eigenvalue weighted by Crippen LogP contribution is 2.36. The molecule has 1 heterocycles. The summed E-state index contributed by atoms with van der Waals surface area (Å²) in [6.07, 6.45) is 1.31. The molecule has 4 amide bonds. The van der Waals surface area contributed by atoms with Crippen molar-refractivity contribution in [2.75, 3.05) is 4.90 Å². The second-order valence-electron chi connectivity index (χ2n) is 8.62. The summed E-state index contributed by atoms with van der Waals surface area (Å²) in [6, 6.07) is 20.7. The van der Waals surface area contributed by atoms with Crippen LogP contribution in [0.15, 0.2) is 78.4 Å². The Labute approximate surface area is 233 Å². The maximum atomic E-state index is 13.4. The SMILES string of the molecule is Cc1ccc(Cl)cc1N1C(=O)NC(=O)/C(=C\c2cc(Cl)cc(Cl)c2OCc2cccc3ccccc23)C1=O. The quantitative estimate of drug-likeness (QED) is 0.203. The van der Waals surface area contributed by atoms with Gasteiger partial charge in [-0.2, -0.15) is 0 Å². The van der Waals surface area contributed by atoms with Crippen LogP contribution in [0.5, 0.6) is 5.75 Å². The van der Waals surface area contributed by atoms with E-state index in [9.17, 15) is 14.4 Å². The van der Waals surface area contributed by atoms with E-state index in [-0.39, 0.29) is 33.7 Å². The van der Waals surface area contributed by atoms with Crippen LogP contribution in [0.4, 0.5) is 10.5 Å². The van der Waals surface area contributed by atoms with Gasteiger partial charge in [-0.3, -0.25) is 14.9 Å². The van der Waals surface area contributed by atoms with Crippen molar-refractivity contribution in [2.24, 2.45) is 0 Å². The van der Waals surface area contributed by atoms with E-state index in [4.69, 9.17) is 39.5 Å². The highest BCUT2D eigenvalue weighted by molar-refractivity contribution is 6.40. The number of imide groups is 2. The first-order chi connectivity index (χ1) is 18.2. The van der Waals surface area contributed by atoms with Gasteiger partial charge in [0.05, 0.1) is 10.7 Å². The predicted octanol–water partition coefficient (Wildman–Crippen LogP) is 7.35. The van der Waals surface area contributed by atoms with Crippen molar-refractivity contribution in [3.8, 4) is 5.75 Å². The van der Waals surface area contributed by atoms with Crippen molar-refractivity contribution in [3.63, 3.8) is 0 Å². The van der Waals surface area contributed by atoms with Crippen molar-refractivity contribution in [3.05, 3.63) is 110 Å². The topological polar surface area (TPSA) is 75.7 Å². The number of rotatable bonds is 5. The molecule has 1 N–H and O–H groups in total. The van der Waals surface area contributed by atoms with E-state index in [1.807, 2.05) is 42.5 Å². The summed E-state index contributed by atoms with van der Waals surface area (Å²) in [4.78, 5) is 39.7.